The monoisotopic (exact) mass is 1420 g/mol. The number of benzene rings is 9. The van der Waals surface area contributed by atoms with Crippen LogP contribution in [0.1, 0.15) is 188 Å². The molecule has 0 unspecified atom stereocenters. The maximum atomic E-state index is 14.7. The van der Waals surface area contributed by atoms with Crippen molar-refractivity contribution in [3.8, 4) is 55.6 Å². The van der Waals surface area contributed by atoms with Crippen molar-refractivity contribution in [1.29, 1.82) is 0 Å². The summed E-state index contributed by atoms with van der Waals surface area (Å²) in [5.41, 5.74) is 9.53. The number of aryl methyl sites for hydroxylation is 3. The predicted molar refractivity (Wildman–Crippen MR) is 397 cm³/mol. The molecule has 0 radical (unpaired) electrons. The van der Waals surface area contributed by atoms with Gasteiger partial charge in [0, 0.05) is 123 Å². The maximum absolute atomic E-state index is 14.7. The Bertz CT molecular complexity index is 3790. The fraction of sp³-hybridized carbons (Fsp3) is 0.171. The van der Waals surface area contributed by atoms with E-state index in [-0.39, 0.29) is 55.6 Å². The van der Waals surface area contributed by atoms with Crippen molar-refractivity contribution in [3.05, 3.63) is 261 Å². The highest BCUT2D eigenvalue weighted by Gasteiger charge is 2.22. The molecule has 0 bridgehead atoms. The molecule has 9 rings (SSSR count). The lowest BCUT2D eigenvalue weighted by molar-refractivity contribution is -0.0790. The quantitative estimate of drug-likeness (QED) is 0.0609. The number of allylic oxidation sites excluding steroid dienone is 1. The van der Waals surface area contributed by atoms with Crippen molar-refractivity contribution < 1.29 is 150 Å². The average molecular weight is 1420 g/mol. The molecule has 0 heterocycles. The summed E-state index contributed by atoms with van der Waals surface area (Å²) >= 11 is 3.07. The highest BCUT2D eigenvalue weighted by molar-refractivity contribution is 9.10. The number of carbonyl (C=O) groups is 2. The standard InChI is InChI=1S/C24H19F5.C22H18F2O.C15H16BFO2.C7H4BrFO.2CH4.31H2/c1-2-3-16-4-6-17(7-5-16)19-10-11-21(23(26)14-19)20-9-8-18(22(25)15-20)12-13-24(27,28)29;1-2-3-15-4-6-16(7-5-15)17-10-11-20(22(24)12-17)18-8-9-19(14-25)21(23)13-18;1-2-3-11-4-6-12(7-5-11)13-8-9-14(16(18)19)15(17)10-13;8-6-2-1-5(4-10)7(9)3-6;;;;;;;;;;;;;;;;;;;;;;;;;;;;;;;;;/h4-15H,2-3H2,1H3;4-14H,2-3H2,1H3;4-10,18-19H,2-3H2,1H3;1-4H;2*1H4;31*1H/b13-12+;;;;;;;;;;;;;;;;;;;;;;;;;;;;;;;;;;;;/i;;;;;;30*1+2T;1+2. The van der Waals surface area contributed by atoms with Crippen molar-refractivity contribution in [2.75, 3.05) is 0 Å². The minimum Gasteiger partial charge on any atom is -0.423 e. The molecule has 0 saturated carbocycles. The molecule has 0 saturated heterocycles. The summed E-state index contributed by atoms with van der Waals surface area (Å²) in [4.78, 5) is 20.8. The highest BCUT2D eigenvalue weighted by Crippen LogP contribution is 2.32. The van der Waals surface area contributed by atoms with Gasteiger partial charge in [0.2, 0.25) is 0 Å². The maximum Gasteiger partial charge on any atom is 0.491 e. The van der Waals surface area contributed by atoms with E-state index in [1.54, 1.807) is 36.4 Å². The average Bonchev–Trinajstić information content (AvgIpc) is 0.811. The number of alkyl halides is 3. The molecule has 0 aliphatic heterocycles. The summed E-state index contributed by atoms with van der Waals surface area (Å²) in [6.07, 6.45) is 3.29. The number of hydrogen-bond donors (Lipinski definition) is 2. The summed E-state index contributed by atoms with van der Waals surface area (Å²) in [5.74, 6) is -3.55. The van der Waals surface area contributed by atoms with Gasteiger partial charge < -0.3 is 10.0 Å². The summed E-state index contributed by atoms with van der Waals surface area (Å²) in [7, 11) is -1.78. The summed E-state index contributed by atoms with van der Waals surface area (Å²) in [6, 6.07) is 49.9. The molecule has 9 aromatic rings. The van der Waals surface area contributed by atoms with Crippen LogP contribution in [0.2, 0.25) is 0 Å². The van der Waals surface area contributed by atoms with E-state index in [1.807, 2.05) is 66.7 Å². The molecule has 0 fully saturated rings. The van der Waals surface area contributed by atoms with Crippen molar-refractivity contribution in [2.24, 2.45) is 0 Å². The van der Waals surface area contributed by atoms with E-state index in [4.69, 9.17) is 99.1 Å². The van der Waals surface area contributed by atoms with Gasteiger partial charge in [0.1, 0.15) is 34.9 Å². The van der Waals surface area contributed by atoms with Crippen molar-refractivity contribution in [1.82, 2.24) is 0 Å². The largest absolute Gasteiger partial charge is 0.491 e. The Morgan fingerprint density at radius 3 is 1.06 bits per heavy atom. The van der Waals surface area contributed by atoms with Crippen LogP contribution in [0.4, 0.5) is 39.5 Å². The predicted octanol–water partition coefficient (Wildman–Crippen LogP) is 27.3. The molecule has 15 heteroatoms. The Balaban J connectivity index is -0.0000000421. The van der Waals surface area contributed by atoms with E-state index in [0.29, 0.717) is 39.8 Å². The van der Waals surface area contributed by atoms with Crippen LogP contribution in [0.5, 0.6) is 0 Å². The fourth-order valence-corrected chi connectivity index (χ4v) is 8.97. The lowest BCUT2D eigenvalue weighted by Gasteiger charge is -2.09. The van der Waals surface area contributed by atoms with Crippen molar-refractivity contribution in [2.45, 2.75) is 80.3 Å². The first-order valence-electron chi connectivity index (χ1n) is 56.5. The number of aldehydes is 2. The van der Waals surface area contributed by atoms with E-state index in [0.717, 1.165) is 72.4 Å². The number of halogens is 10. The van der Waals surface area contributed by atoms with Gasteiger partial charge in [-0.15, -0.1) is 0 Å². The second kappa shape index (κ2) is 33.4. The zero-order valence-corrected chi connectivity index (χ0v) is 47.0. The molecule has 85 heavy (non-hydrogen) atoms. The normalized spacial score (nSPS) is 13.5. The second-order valence-corrected chi connectivity index (χ2v) is 20.0. The number of hydrogen-bond acceptors (Lipinski definition) is 4. The smallest absolute Gasteiger partial charge is 0.423 e. The van der Waals surface area contributed by atoms with Crippen LogP contribution in [0.25, 0.3) is 61.7 Å². The molecular weight excluding hydrogens is 1170 g/mol. The van der Waals surface area contributed by atoms with Crippen LogP contribution in [0.3, 0.4) is 0 Å². The van der Waals surface area contributed by atoms with Crippen LogP contribution in [-0.2, 0) is 19.3 Å². The first kappa shape index (κ1) is 36.7. The van der Waals surface area contributed by atoms with Crippen LogP contribution in [-0.4, -0.2) is 35.9 Å². The molecular formula is C70H127BBrF9O4. The summed E-state index contributed by atoms with van der Waals surface area (Å²) in [6.45, 7) is 6.36. The van der Waals surface area contributed by atoms with E-state index in [2.05, 4.69) is 48.8 Å². The Morgan fingerprint density at radius 1 is 0.424 bits per heavy atom. The molecule has 0 aromatic heterocycles. The van der Waals surface area contributed by atoms with Gasteiger partial charge in [-0.2, -0.15) is 13.2 Å². The Hall–Kier alpha value is -8.11. The topological polar surface area (TPSA) is 74.6 Å². The van der Waals surface area contributed by atoms with E-state index < -0.39 is 48.2 Å². The number of rotatable bonds is 15. The van der Waals surface area contributed by atoms with Gasteiger partial charge in [-0.3, -0.25) is 9.59 Å². The summed E-state index contributed by atoms with van der Waals surface area (Å²) < 4.78 is 421. The first-order valence-corrected chi connectivity index (χ1v) is 27.3. The van der Waals surface area contributed by atoms with Gasteiger partial charge in [-0.25, -0.2) is 26.3 Å². The third kappa shape index (κ3) is 20.3. The van der Waals surface area contributed by atoms with Gasteiger partial charge in [0.25, 0.3) is 0 Å². The summed E-state index contributed by atoms with van der Waals surface area (Å²) in [5, 5.41) is 18.0. The first-order chi connectivity index (χ1) is 69.7. The van der Waals surface area contributed by atoms with Gasteiger partial charge in [0.05, 0.1) is 11.1 Å². The van der Waals surface area contributed by atoms with Gasteiger partial charge >= 0.3 is 13.3 Å². The second-order valence-electron chi connectivity index (χ2n) is 19.1. The minimum absolute atomic E-state index is 0. The van der Waals surface area contributed by atoms with Crippen LogP contribution < -0.4 is 5.46 Å². The molecule has 0 spiro atoms. The Morgan fingerprint density at radius 2 is 0.741 bits per heavy atom. The zero-order chi connectivity index (χ0) is 120. The Labute approximate surface area is 594 Å². The fourth-order valence-electron chi connectivity index (χ4n) is 8.63. The van der Waals surface area contributed by atoms with E-state index in [1.165, 1.54) is 77.4 Å². The lowest BCUT2D eigenvalue weighted by Crippen LogP contribution is -2.32. The van der Waals surface area contributed by atoms with Gasteiger partial charge in [-0.05, 0) is 141 Å². The Kier molecular flexibility index (Phi) is 14.4. The van der Waals surface area contributed by atoms with Gasteiger partial charge in [-0.1, -0.05) is 198 Å². The minimum atomic E-state index is -4.53. The zero-order valence-electron chi connectivity index (χ0n) is 105. The molecule has 2 N–H and O–H groups in total. The SMILES string of the molecule is C.C.CCCc1ccc(-c2ccc(-c3ccc(/C=C/C(F)(F)F)c(F)c3)c(F)c2)cc1.CCCc1ccc(-c2ccc(-c3ccc(C=O)c(F)c3)c(F)c2)cc1.CCCc1ccc(-c2ccc(B(O)O)c(F)c2)cc1.O=Cc1ccc(Br)cc1F.[3HH].[3H][3H].[3H][3H].[3H][3H].[3H][3H].[3H][3H].[3H][3H].[3H][3H].[3H][3H].[3H][3H].[3H][3H].[3H][3H].[3H][3H].[3H][3H].[3H][3H].[3H][3H].[3H][3H].[3H][3H].[3H][3H].[3H][3H].[3H][3H].[3H][3H].[3H][3H].[3H][3H].[3H][3H].[3H][3H].[3H][3H].[3H][3H].[3H][3H].[3H][3H].[3H][3H]. The molecule has 0 aliphatic carbocycles. The third-order valence-corrected chi connectivity index (χ3v) is 13.5. The van der Waals surface area contributed by atoms with Crippen LogP contribution in [0.15, 0.2) is 193 Å². The van der Waals surface area contributed by atoms with E-state index in [9.17, 15) is 49.1 Å². The molecule has 504 valence electrons. The molecule has 0 aliphatic rings. The van der Waals surface area contributed by atoms with Crippen LogP contribution >= 0.6 is 15.9 Å². The third-order valence-electron chi connectivity index (χ3n) is 13.0. The molecule has 4 nitrogen and oxygen atoms in total. The molecule has 0 amide bonds. The highest BCUT2D eigenvalue weighted by atomic mass is 79.9. The van der Waals surface area contributed by atoms with Crippen molar-refractivity contribution in [3.63, 3.8) is 0 Å². The van der Waals surface area contributed by atoms with E-state index >= 15 is 0 Å². The molecule has 9 aromatic carbocycles. The lowest BCUT2D eigenvalue weighted by atomic mass is 9.79. The van der Waals surface area contributed by atoms with Crippen LogP contribution in [0, 0.1) is 34.9 Å². The van der Waals surface area contributed by atoms with Gasteiger partial charge in [0.15, 0.2) is 12.6 Å². The number of carbonyl (C=O) groups excluding carboxylic acids is 2. The van der Waals surface area contributed by atoms with Crippen molar-refractivity contribution >= 4 is 47.2 Å². The molecule has 0 atom stereocenters.